The van der Waals surface area contributed by atoms with Crippen LogP contribution in [0.1, 0.15) is 6.92 Å². The minimum atomic E-state index is -0.776. The van der Waals surface area contributed by atoms with E-state index in [2.05, 4.69) is 11.9 Å². The summed E-state index contributed by atoms with van der Waals surface area (Å²) in [4.78, 5) is 24.1. The third-order valence-corrected chi connectivity index (χ3v) is 2.82. The topological polar surface area (TPSA) is 69.6 Å². The maximum absolute atomic E-state index is 11.4. The van der Waals surface area contributed by atoms with Crippen molar-refractivity contribution >= 4 is 11.9 Å². The van der Waals surface area contributed by atoms with E-state index in [0.717, 1.165) is 0 Å². The van der Waals surface area contributed by atoms with Crippen molar-refractivity contribution < 1.29 is 14.7 Å². The van der Waals surface area contributed by atoms with E-state index < -0.39 is 5.97 Å². The second-order valence-corrected chi connectivity index (χ2v) is 4.21. The van der Waals surface area contributed by atoms with Gasteiger partial charge in [-0.05, 0) is 5.92 Å². The summed E-state index contributed by atoms with van der Waals surface area (Å²) in [7, 11) is 0. The van der Waals surface area contributed by atoms with Crippen molar-refractivity contribution in [1.29, 1.82) is 0 Å². The zero-order valence-corrected chi connectivity index (χ0v) is 9.48. The number of nitrogens with one attached hydrogen (secondary N) is 1. The van der Waals surface area contributed by atoms with Gasteiger partial charge < -0.3 is 10.4 Å². The van der Waals surface area contributed by atoms with Crippen LogP contribution in [0.5, 0.6) is 0 Å². The van der Waals surface area contributed by atoms with Gasteiger partial charge in [0.1, 0.15) is 0 Å². The normalized spacial score (nSPS) is 25.3. The van der Waals surface area contributed by atoms with Crippen LogP contribution in [0, 0.1) is 11.8 Å². The molecule has 0 aromatic rings. The Balaban J connectivity index is 2.38. The molecule has 5 heteroatoms. The Kier molecular flexibility index (Phi) is 4.49. The molecule has 5 nitrogen and oxygen atoms in total. The summed E-state index contributed by atoms with van der Waals surface area (Å²) in [5, 5.41) is 11.6. The van der Waals surface area contributed by atoms with Crippen LogP contribution in [0.15, 0.2) is 12.7 Å². The van der Waals surface area contributed by atoms with Gasteiger partial charge >= 0.3 is 5.97 Å². The smallest absolute Gasteiger partial charge is 0.308 e. The lowest BCUT2D eigenvalue weighted by atomic mass is 9.99. The Morgan fingerprint density at radius 2 is 2.25 bits per heavy atom. The third-order valence-electron chi connectivity index (χ3n) is 2.82. The molecule has 1 rings (SSSR count). The molecule has 2 atom stereocenters. The molecular formula is C11H18N2O3. The van der Waals surface area contributed by atoms with Gasteiger partial charge in [-0.3, -0.25) is 14.5 Å². The van der Waals surface area contributed by atoms with E-state index in [1.807, 2.05) is 11.8 Å². The first-order valence-electron chi connectivity index (χ1n) is 5.37. The Bertz CT molecular complexity index is 291. The zero-order valence-electron chi connectivity index (χ0n) is 9.48. The molecule has 16 heavy (non-hydrogen) atoms. The maximum atomic E-state index is 11.4. The first kappa shape index (κ1) is 12.7. The van der Waals surface area contributed by atoms with E-state index >= 15 is 0 Å². The van der Waals surface area contributed by atoms with Gasteiger partial charge in [-0.2, -0.15) is 0 Å². The minimum Gasteiger partial charge on any atom is -0.481 e. The molecule has 2 N–H and O–H groups in total. The van der Waals surface area contributed by atoms with Gasteiger partial charge in [0.2, 0.25) is 5.91 Å². The summed E-state index contributed by atoms with van der Waals surface area (Å²) in [5.74, 6) is -1.11. The van der Waals surface area contributed by atoms with Gasteiger partial charge in [0.05, 0.1) is 12.5 Å². The number of carbonyl (C=O) groups is 2. The number of amides is 1. The second kappa shape index (κ2) is 5.65. The monoisotopic (exact) mass is 226 g/mol. The van der Waals surface area contributed by atoms with E-state index in [-0.39, 0.29) is 24.3 Å². The van der Waals surface area contributed by atoms with E-state index in [0.29, 0.717) is 19.6 Å². The van der Waals surface area contributed by atoms with Crippen LogP contribution in [0.4, 0.5) is 0 Å². The molecule has 0 bridgehead atoms. The van der Waals surface area contributed by atoms with Crippen LogP contribution in [0.25, 0.3) is 0 Å². The molecule has 1 fully saturated rings. The van der Waals surface area contributed by atoms with Gasteiger partial charge in [-0.25, -0.2) is 0 Å². The Labute approximate surface area is 95.1 Å². The number of hydrogen-bond donors (Lipinski definition) is 2. The molecule has 0 aliphatic carbocycles. The summed E-state index contributed by atoms with van der Waals surface area (Å²) in [6.45, 7) is 7.25. The van der Waals surface area contributed by atoms with Crippen LogP contribution in [0.2, 0.25) is 0 Å². The largest absolute Gasteiger partial charge is 0.481 e. The van der Waals surface area contributed by atoms with E-state index in [9.17, 15) is 9.59 Å². The second-order valence-electron chi connectivity index (χ2n) is 4.21. The fraction of sp³-hybridized carbons (Fsp3) is 0.636. The molecule has 1 heterocycles. The number of carbonyl (C=O) groups excluding carboxylic acids is 1. The quantitative estimate of drug-likeness (QED) is 0.644. The van der Waals surface area contributed by atoms with Gasteiger partial charge in [0, 0.05) is 19.6 Å². The number of hydrogen-bond acceptors (Lipinski definition) is 3. The SMILES string of the molecule is C=CCNC(=O)CN1C[C@@H](C)[C@H](C(=O)O)C1. The number of likely N-dealkylation sites (tertiary alicyclic amines) is 1. The first-order valence-corrected chi connectivity index (χ1v) is 5.37. The molecule has 1 aliphatic rings. The highest BCUT2D eigenvalue weighted by molar-refractivity contribution is 5.78. The molecule has 0 radical (unpaired) electrons. The summed E-state index contributed by atoms with van der Waals surface area (Å²) in [6.07, 6.45) is 1.62. The minimum absolute atomic E-state index is 0.0851. The summed E-state index contributed by atoms with van der Waals surface area (Å²) < 4.78 is 0. The van der Waals surface area contributed by atoms with Crippen molar-refractivity contribution in [2.75, 3.05) is 26.2 Å². The molecule has 0 unspecified atom stereocenters. The van der Waals surface area contributed by atoms with Crippen LogP contribution in [0.3, 0.4) is 0 Å². The highest BCUT2D eigenvalue weighted by Gasteiger charge is 2.35. The molecule has 0 aromatic carbocycles. The number of nitrogens with zero attached hydrogens (tertiary/aromatic N) is 1. The molecule has 1 saturated heterocycles. The Morgan fingerprint density at radius 1 is 1.56 bits per heavy atom. The van der Waals surface area contributed by atoms with E-state index in [4.69, 9.17) is 5.11 Å². The van der Waals surface area contributed by atoms with Gasteiger partial charge in [-0.15, -0.1) is 6.58 Å². The summed E-state index contributed by atoms with van der Waals surface area (Å²) in [6, 6.07) is 0. The van der Waals surface area contributed by atoms with Gasteiger partial charge in [0.25, 0.3) is 0 Å². The van der Waals surface area contributed by atoms with Crippen LogP contribution >= 0.6 is 0 Å². The van der Waals surface area contributed by atoms with Crippen LogP contribution < -0.4 is 5.32 Å². The third kappa shape index (κ3) is 3.34. The zero-order chi connectivity index (χ0) is 12.1. The average molecular weight is 226 g/mol. The molecule has 0 saturated carbocycles. The van der Waals surface area contributed by atoms with Crippen molar-refractivity contribution in [3.8, 4) is 0 Å². The van der Waals surface area contributed by atoms with Gasteiger partial charge in [0.15, 0.2) is 0 Å². The van der Waals surface area contributed by atoms with Crippen LogP contribution in [-0.4, -0.2) is 48.1 Å². The van der Waals surface area contributed by atoms with Crippen molar-refractivity contribution in [3.05, 3.63) is 12.7 Å². The van der Waals surface area contributed by atoms with Crippen molar-refractivity contribution in [3.63, 3.8) is 0 Å². The fourth-order valence-corrected chi connectivity index (χ4v) is 1.96. The van der Waals surface area contributed by atoms with Crippen molar-refractivity contribution in [1.82, 2.24) is 10.2 Å². The molecule has 1 aliphatic heterocycles. The Hall–Kier alpha value is -1.36. The fourth-order valence-electron chi connectivity index (χ4n) is 1.96. The summed E-state index contributed by atoms with van der Waals surface area (Å²) in [5.41, 5.74) is 0. The highest BCUT2D eigenvalue weighted by atomic mass is 16.4. The van der Waals surface area contributed by atoms with Gasteiger partial charge in [-0.1, -0.05) is 13.0 Å². The van der Waals surface area contributed by atoms with Crippen molar-refractivity contribution in [2.24, 2.45) is 11.8 Å². The number of carboxylic acid groups (broad SMARTS) is 1. The molecule has 0 aromatic heterocycles. The molecule has 0 spiro atoms. The lowest BCUT2D eigenvalue weighted by molar-refractivity contribution is -0.142. The predicted molar refractivity (Wildman–Crippen MR) is 59.9 cm³/mol. The number of aliphatic carboxylic acids is 1. The molecular weight excluding hydrogens is 208 g/mol. The lowest BCUT2D eigenvalue weighted by Gasteiger charge is -2.14. The predicted octanol–water partition coefficient (Wildman–Crippen LogP) is -0.0589. The summed E-state index contributed by atoms with van der Waals surface area (Å²) >= 11 is 0. The highest BCUT2D eigenvalue weighted by Crippen LogP contribution is 2.22. The van der Waals surface area contributed by atoms with Crippen LogP contribution in [-0.2, 0) is 9.59 Å². The standard InChI is InChI=1S/C11H18N2O3/c1-3-4-12-10(14)7-13-5-8(2)9(6-13)11(15)16/h3,8-9H,1,4-7H2,2H3,(H,12,14)(H,15,16)/t8-,9-/m1/s1. The maximum Gasteiger partial charge on any atom is 0.308 e. The van der Waals surface area contributed by atoms with Crippen molar-refractivity contribution in [2.45, 2.75) is 6.92 Å². The average Bonchev–Trinajstić information content (AvgIpc) is 2.56. The number of carboxylic acids is 1. The number of rotatable bonds is 5. The Morgan fingerprint density at radius 3 is 2.75 bits per heavy atom. The van der Waals surface area contributed by atoms with E-state index in [1.165, 1.54) is 0 Å². The lowest BCUT2D eigenvalue weighted by Crippen LogP contribution is -2.36. The van der Waals surface area contributed by atoms with E-state index in [1.54, 1.807) is 6.08 Å². The molecule has 90 valence electrons. The molecule has 1 amide bonds. The first-order chi connectivity index (χ1) is 7.54.